The average molecular weight is 406 g/mol. The van der Waals surface area contributed by atoms with Gasteiger partial charge in [-0.3, -0.25) is 14.4 Å². The van der Waals surface area contributed by atoms with E-state index in [-0.39, 0.29) is 11.8 Å². The zero-order valence-corrected chi connectivity index (χ0v) is 17.1. The predicted octanol–water partition coefficient (Wildman–Crippen LogP) is 1.56. The number of benzene rings is 1. The van der Waals surface area contributed by atoms with E-state index in [4.69, 9.17) is 4.74 Å². The molecule has 3 aromatic rings. The van der Waals surface area contributed by atoms with Crippen LogP contribution in [0.15, 0.2) is 48.9 Å². The topological polar surface area (TPSA) is 68.4 Å². The molecule has 0 spiro atoms. The summed E-state index contributed by atoms with van der Waals surface area (Å²) in [6.45, 7) is 4.82. The molecule has 1 amide bonds. The van der Waals surface area contributed by atoms with E-state index in [1.54, 1.807) is 6.20 Å². The molecule has 5 rings (SSSR count). The van der Waals surface area contributed by atoms with E-state index in [2.05, 4.69) is 39.4 Å². The molecule has 1 fully saturated rings. The second-order valence-corrected chi connectivity index (χ2v) is 7.99. The van der Waals surface area contributed by atoms with Crippen molar-refractivity contribution in [2.75, 3.05) is 32.8 Å². The Hall–Kier alpha value is -2.97. The molecule has 2 aliphatic heterocycles. The first-order valence-electron chi connectivity index (χ1n) is 10.4. The zero-order valence-electron chi connectivity index (χ0n) is 17.1. The summed E-state index contributed by atoms with van der Waals surface area (Å²) in [5, 5.41) is 8.91. The second-order valence-electron chi connectivity index (χ2n) is 7.99. The lowest BCUT2D eigenvalue weighted by Gasteiger charge is -2.35. The zero-order chi connectivity index (χ0) is 20.5. The van der Waals surface area contributed by atoms with Crippen LogP contribution in [-0.2, 0) is 29.7 Å². The molecule has 8 nitrogen and oxygen atoms in total. The Morgan fingerprint density at radius 3 is 2.73 bits per heavy atom. The largest absolute Gasteiger partial charge is 0.378 e. The SMILES string of the molecule is Cn1cc2c(n1)[C@@H](C(=O)N1CCOCC1)CN(Cc1ccc(-n3cccn3)cc1)C2. The number of carbonyl (C=O) groups excluding carboxylic acids is 1. The average Bonchev–Trinajstić information content (AvgIpc) is 3.43. The first-order valence-corrected chi connectivity index (χ1v) is 10.4. The molecule has 0 bridgehead atoms. The Morgan fingerprint density at radius 2 is 2.00 bits per heavy atom. The maximum Gasteiger partial charge on any atom is 0.233 e. The van der Waals surface area contributed by atoms with E-state index in [0.717, 1.165) is 30.0 Å². The number of nitrogens with zero attached hydrogens (tertiary/aromatic N) is 6. The highest BCUT2D eigenvalue weighted by Gasteiger charge is 2.36. The highest BCUT2D eigenvalue weighted by atomic mass is 16.5. The number of carbonyl (C=O) groups is 1. The normalized spacial score (nSPS) is 19.6. The Balaban J connectivity index is 1.34. The number of aromatic nitrogens is 4. The van der Waals surface area contributed by atoms with Crippen molar-refractivity contribution >= 4 is 5.91 Å². The number of morpholine rings is 1. The quantitative estimate of drug-likeness (QED) is 0.658. The van der Waals surface area contributed by atoms with E-state index in [1.165, 1.54) is 5.56 Å². The number of fused-ring (bicyclic) bond motifs is 1. The highest BCUT2D eigenvalue weighted by Crippen LogP contribution is 2.30. The molecule has 4 heterocycles. The third kappa shape index (κ3) is 3.76. The van der Waals surface area contributed by atoms with Crippen LogP contribution in [-0.4, -0.2) is 68.1 Å². The van der Waals surface area contributed by atoms with E-state index in [1.807, 2.05) is 39.8 Å². The van der Waals surface area contributed by atoms with Crippen molar-refractivity contribution in [3.05, 3.63) is 65.7 Å². The van der Waals surface area contributed by atoms with Crippen LogP contribution in [0.3, 0.4) is 0 Å². The smallest absolute Gasteiger partial charge is 0.233 e. The van der Waals surface area contributed by atoms with Crippen molar-refractivity contribution < 1.29 is 9.53 Å². The predicted molar refractivity (Wildman–Crippen MR) is 111 cm³/mol. The van der Waals surface area contributed by atoms with E-state index >= 15 is 0 Å². The fourth-order valence-corrected chi connectivity index (χ4v) is 4.37. The van der Waals surface area contributed by atoms with Gasteiger partial charge in [0, 0.05) is 63.9 Å². The molecule has 1 atom stereocenters. The summed E-state index contributed by atoms with van der Waals surface area (Å²) in [6, 6.07) is 10.3. The lowest BCUT2D eigenvalue weighted by atomic mass is 9.94. The number of hydrogen-bond donors (Lipinski definition) is 0. The van der Waals surface area contributed by atoms with Crippen LogP contribution < -0.4 is 0 Å². The van der Waals surface area contributed by atoms with Gasteiger partial charge in [0.15, 0.2) is 0 Å². The molecule has 1 aromatic carbocycles. The van der Waals surface area contributed by atoms with E-state index < -0.39 is 0 Å². The molecular formula is C22H26N6O2. The van der Waals surface area contributed by atoms with E-state index in [9.17, 15) is 4.79 Å². The summed E-state index contributed by atoms with van der Waals surface area (Å²) in [5.74, 6) is -0.0617. The minimum Gasteiger partial charge on any atom is -0.378 e. The van der Waals surface area contributed by atoms with Crippen molar-refractivity contribution in [3.63, 3.8) is 0 Å². The molecule has 0 unspecified atom stereocenters. The minimum absolute atomic E-state index is 0.164. The van der Waals surface area contributed by atoms with Gasteiger partial charge in [0.2, 0.25) is 5.91 Å². The standard InChI is InChI=1S/C22H26N6O2/c1-25-14-18-15-26(13-17-3-5-19(6-4-17)28-8-2-7-23-28)16-20(21(18)24-25)22(29)27-9-11-30-12-10-27/h2-8,14,20H,9-13,15-16H2,1H3/t20-/m0/s1. The summed E-state index contributed by atoms with van der Waals surface area (Å²) in [6.07, 6.45) is 5.76. The molecular weight excluding hydrogens is 380 g/mol. The third-order valence-electron chi connectivity index (χ3n) is 5.83. The van der Waals surface area contributed by atoms with Crippen LogP contribution in [0.25, 0.3) is 5.69 Å². The number of ether oxygens (including phenoxy) is 1. The van der Waals surface area contributed by atoms with Gasteiger partial charge in [0.1, 0.15) is 0 Å². The van der Waals surface area contributed by atoms with Crippen molar-refractivity contribution in [1.29, 1.82) is 0 Å². The van der Waals surface area contributed by atoms with Crippen LogP contribution in [0, 0.1) is 0 Å². The Morgan fingerprint density at radius 1 is 1.20 bits per heavy atom. The molecule has 0 saturated carbocycles. The number of rotatable bonds is 4. The molecule has 8 heteroatoms. The maximum absolute atomic E-state index is 13.3. The van der Waals surface area contributed by atoms with Crippen molar-refractivity contribution in [2.45, 2.75) is 19.0 Å². The molecule has 0 aliphatic carbocycles. The maximum atomic E-state index is 13.3. The minimum atomic E-state index is -0.226. The van der Waals surface area contributed by atoms with Gasteiger partial charge in [0.25, 0.3) is 0 Å². The summed E-state index contributed by atoms with van der Waals surface area (Å²) in [7, 11) is 1.92. The Bertz CT molecular complexity index is 1000. The van der Waals surface area contributed by atoms with Crippen molar-refractivity contribution in [3.8, 4) is 5.69 Å². The summed E-state index contributed by atoms with van der Waals surface area (Å²) in [5.41, 5.74) is 4.33. The number of aryl methyl sites for hydroxylation is 1. The molecule has 2 aromatic heterocycles. The van der Waals surface area contributed by atoms with Gasteiger partial charge in [-0.2, -0.15) is 10.2 Å². The fourth-order valence-electron chi connectivity index (χ4n) is 4.37. The molecule has 0 radical (unpaired) electrons. The third-order valence-corrected chi connectivity index (χ3v) is 5.83. The van der Waals surface area contributed by atoms with Gasteiger partial charge < -0.3 is 9.64 Å². The van der Waals surface area contributed by atoms with E-state index in [0.29, 0.717) is 32.8 Å². The number of hydrogen-bond acceptors (Lipinski definition) is 5. The van der Waals surface area contributed by atoms with Gasteiger partial charge in [-0.05, 0) is 23.8 Å². The van der Waals surface area contributed by atoms with Gasteiger partial charge in [-0.15, -0.1) is 0 Å². The second kappa shape index (κ2) is 8.04. The lowest BCUT2D eigenvalue weighted by Crippen LogP contribution is -2.47. The molecule has 1 saturated heterocycles. The number of amides is 1. The summed E-state index contributed by atoms with van der Waals surface area (Å²) >= 11 is 0. The first kappa shape index (κ1) is 19.0. The van der Waals surface area contributed by atoms with Crippen LogP contribution in [0.1, 0.15) is 22.7 Å². The van der Waals surface area contributed by atoms with Crippen LogP contribution in [0.2, 0.25) is 0 Å². The Kier molecular flexibility index (Phi) is 5.10. The molecule has 0 N–H and O–H groups in total. The van der Waals surface area contributed by atoms with Crippen LogP contribution >= 0.6 is 0 Å². The molecule has 2 aliphatic rings. The fraction of sp³-hybridized carbons (Fsp3) is 0.409. The van der Waals surface area contributed by atoms with Crippen LogP contribution in [0.4, 0.5) is 0 Å². The summed E-state index contributed by atoms with van der Waals surface area (Å²) in [4.78, 5) is 17.6. The van der Waals surface area contributed by atoms with Gasteiger partial charge >= 0.3 is 0 Å². The highest BCUT2D eigenvalue weighted by molar-refractivity contribution is 5.84. The van der Waals surface area contributed by atoms with Gasteiger partial charge in [0.05, 0.1) is 30.5 Å². The Labute approximate surface area is 175 Å². The lowest BCUT2D eigenvalue weighted by molar-refractivity contribution is -0.137. The van der Waals surface area contributed by atoms with Gasteiger partial charge in [-0.1, -0.05) is 12.1 Å². The summed E-state index contributed by atoms with van der Waals surface area (Å²) < 4.78 is 9.09. The first-order chi connectivity index (χ1) is 14.7. The van der Waals surface area contributed by atoms with Crippen molar-refractivity contribution in [2.24, 2.45) is 7.05 Å². The monoisotopic (exact) mass is 406 g/mol. The van der Waals surface area contributed by atoms with Gasteiger partial charge in [-0.25, -0.2) is 4.68 Å². The van der Waals surface area contributed by atoms with Crippen LogP contribution in [0.5, 0.6) is 0 Å². The van der Waals surface area contributed by atoms with Crippen molar-refractivity contribution in [1.82, 2.24) is 29.4 Å². The molecule has 156 valence electrons. The molecule has 30 heavy (non-hydrogen) atoms.